The molecule has 2 rings (SSSR count). The van der Waals surface area contributed by atoms with E-state index in [0.29, 0.717) is 23.5 Å². The lowest BCUT2D eigenvalue weighted by molar-refractivity contribution is -0.109. The van der Waals surface area contributed by atoms with Gasteiger partial charge in [-0.25, -0.2) is 8.42 Å². The Kier molecular flexibility index (Phi) is 8.81. The van der Waals surface area contributed by atoms with E-state index in [9.17, 15) is 13.2 Å². The summed E-state index contributed by atoms with van der Waals surface area (Å²) < 4.78 is 36.2. The van der Waals surface area contributed by atoms with Crippen molar-refractivity contribution in [1.29, 1.82) is 0 Å². The fraction of sp³-hybridized carbons (Fsp3) is 0.350. The number of hydrogen-bond acceptors (Lipinski definition) is 5. The molecule has 0 heterocycles. The lowest BCUT2D eigenvalue weighted by atomic mass is 10.1. The second-order valence-corrected chi connectivity index (χ2v) is 7.64. The van der Waals surface area contributed by atoms with Gasteiger partial charge in [-0.1, -0.05) is 37.6 Å². The molecule has 0 aliphatic carbocycles. The zero-order valence-corrected chi connectivity index (χ0v) is 17.2. The fourth-order valence-electron chi connectivity index (χ4n) is 2.45. The van der Waals surface area contributed by atoms with Crippen molar-refractivity contribution in [3.05, 3.63) is 53.6 Å². The number of methoxy groups -OCH3 is 2. The van der Waals surface area contributed by atoms with Gasteiger partial charge in [0.2, 0.25) is 6.41 Å². The molecule has 0 bridgehead atoms. The Balaban J connectivity index is 0.00000176. The van der Waals surface area contributed by atoms with Crippen LogP contribution in [0.15, 0.2) is 47.4 Å². The molecule has 0 aromatic heterocycles. The topological polar surface area (TPSA) is 81.7 Å². The number of amides is 1. The number of carbonyl (C=O) groups excluding carboxylic acids is 1. The van der Waals surface area contributed by atoms with E-state index in [4.69, 9.17) is 9.47 Å². The van der Waals surface area contributed by atoms with Crippen molar-refractivity contribution in [2.45, 2.75) is 37.5 Å². The van der Waals surface area contributed by atoms with Crippen LogP contribution in [0.2, 0.25) is 0 Å². The lowest BCUT2D eigenvalue weighted by Gasteiger charge is -2.19. The smallest absolute Gasteiger partial charge is 0.208 e. The van der Waals surface area contributed by atoms with Gasteiger partial charge in [0.15, 0.2) is 9.84 Å². The molecule has 1 atom stereocenters. The van der Waals surface area contributed by atoms with E-state index in [0.717, 1.165) is 5.56 Å². The minimum absolute atomic E-state index is 0.0715. The molecule has 0 spiro atoms. The molecule has 2 aromatic rings. The van der Waals surface area contributed by atoms with Crippen molar-refractivity contribution >= 4 is 16.2 Å². The van der Waals surface area contributed by atoms with Crippen molar-refractivity contribution in [2.24, 2.45) is 0 Å². The van der Waals surface area contributed by atoms with Gasteiger partial charge >= 0.3 is 0 Å². The molecule has 0 fully saturated rings. The van der Waals surface area contributed by atoms with Crippen molar-refractivity contribution < 1.29 is 22.7 Å². The molecular formula is C20H27NO5S. The Hall–Kier alpha value is -2.54. The van der Waals surface area contributed by atoms with Crippen LogP contribution in [0, 0.1) is 6.92 Å². The summed E-state index contributed by atoms with van der Waals surface area (Å²) in [4.78, 5) is 11.1. The molecule has 0 aliphatic rings. The Morgan fingerprint density at radius 2 is 1.67 bits per heavy atom. The Morgan fingerprint density at radius 1 is 1.04 bits per heavy atom. The first kappa shape index (κ1) is 22.5. The molecule has 0 saturated carbocycles. The molecule has 27 heavy (non-hydrogen) atoms. The van der Waals surface area contributed by atoms with Crippen LogP contribution in [0.1, 0.15) is 25.0 Å². The summed E-state index contributed by atoms with van der Waals surface area (Å²) in [7, 11) is -0.718. The third kappa shape index (κ3) is 5.72. The van der Waals surface area contributed by atoms with Crippen LogP contribution in [0.25, 0.3) is 0 Å². The van der Waals surface area contributed by atoms with E-state index >= 15 is 0 Å². The van der Waals surface area contributed by atoms with Gasteiger partial charge in [-0.3, -0.25) is 4.79 Å². The van der Waals surface area contributed by atoms with Gasteiger partial charge in [0.1, 0.15) is 16.9 Å². The molecule has 1 amide bonds. The van der Waals surface area contributed by atoms with Gasteiger partial charge in [-0.05, 0) is 30.7 Å². The summed E-state index contributed by atoms with van der Waals surface area (Å²) in [6.07, 6.45) is 0.467. The minimum atomic E-state index is -3.75. The van der Waals surface area contributed by atoms with Crippen LogP contribution in [0.5, 0.6) is 11.5 Å². The number of nitrogens with one attached hydrogen (secondary N) is 1. The summed E-state index contributed by atoms with van der Waals surface area (Å²) in [5, 5.41) is 1.31. The summed E-state index contributed by atoms with van der Waals surface area (Å²) in [6, 6.07) is 11.6. The third-order valence-electron chi connectivity index (χ3n) is 3.88. The molecule has 1 N–H and O–H groups in total. The highest BCUT2D eigenvalue weighted by Gasteiger charge is 2.28. The Labute approximate surface area is 161 Å². The number of rotatable bonds is 8. The van der Waals surface area contributed by atoms with E-state index in [-0.39, 0.29) is 11.3 Å². The van der Waals surface area contributed by atoms with Crippen LogP contribution >= 0.6 is 0 Å². The van der Waals surface area contributed by atoms with Crippen molar-refractivity contribution in [1.82, 2.24) is 5.32 Å². The Bertz CT molecular complexity index is 832. The summed E-state index contributed by atoms with van der Waals surface area (Å²) >= 11 is 0. The molecule has 148 valence electrons. The van der Waals surface area contributed by atoms with Gasteiger partial charge in [-0.15, -0.1) is 0 Å². The fourth-order valence-corrected chi connectivity index (χ4v) is 3.92. The molecule has 7 heteroatoms. The quantitative estimate of drug-likeness (QED) is 0.697. The first-order valence-electron chi connectivity index (χ1n) is 8.63. The van der Waals surface area contributed by atoms with E-state index in [1.165, 1.54) is 26.4 Å². The maximum absolute atomic E-state index is 12.9. The third-order valence-corrected chi connectivity index (χ3v) is 5.86. The molecule has 6 nitrogen and oxygen atoms in total. The van der Waals surface area contributed by atoms with Crippen LogP contribution in [-0.4, -0.2) is 34.4 Å². The highest BCUT2D eigenvalue weighted by Crippen LogP contribution is 2.27. The number of sulfone groups is 1. The second-order valence-electron chi connectivity index (χ2n) is 5.51. The predicted molar refractivity (Wildman–Crippen MR) is 106 cm³/mol. The monoisotopic (exact) mass is 393 g/mol. The molecule has 2 aromatic carbocycles. The van der Waals surface area contributed by atoms with Crippen LogP contribution < -0.4 is 14.8 Å². The van der Waals surface area contributed by atoms with Crippen molar-refractivity contribution in [3.8, 4) is 11.5 Å². The van der Waals surface area contributed by atoms with Crippen molar-refractivity contribution in [2.75, 3.05) is 14.2 Å². The molecule has 0 aliphatic heterocycles. The summed E-state index contributed by atoms with van der Waals surface area (Å²) in [6.45, 7) is 5.87. The normalized spacial score (nSPS) is 11.6. The first-order chi connectivity index (χ1) is 12.9. The average Bonchev–Trinajstić information content (AvgIpc) is 2.69. The maximum atomic E-state index is 12.9. The first-order valence-corrected chi connectivity index (χ1v) is 10.2. The molecule has 1 unspecified atom stereocenters. The summed E-state index contributed by atoms with van der Waals surface area (Å²) in [5.41, 5.74) is 1.61. The van der Waals surface area contributed by atoms with Crippen LogP contribution in [0.4, 0.5) is 0 Å². The van der Waals surface area contributed by atoms with Crippen LogP contribution in [-0.2, 0) is 21.1 Å². The highest BCUT2D eigenvalue weighted by molar-refractivity contribution is 7.92. The van der Waals surface area contributed by atoms with Gasteiger partial charge in [0, 0.05) is 12.5 Å². The predicted octanol–water partition coefficient (Wildman–Crippen LogP) is 3.13. The highest BCUT2D eigenvalue weighted by atomic mass is 32.2. The van der Waals surface area contributed by atoms with Crippen molar-refractivity contribution in [3.63, 3.8) is 0 Å². The standard InChI is InChI=1S/C18H21NO5S.C2H6/c1-13-4-8-16(9-5-13)25(21,22)18(19-12-20)10-14-6-7-15(23-2)11-17(14)24-3;1-2/h4-9,11-12,18H,10H2,1-3H3,(H,19,20);1-2H3. The zero-order valence-electron chi connectivity index (χ0n) is 16.4. The lowest BCUT2D eigenvalue weighted by Crippen LogP contribution is -2.37. The average molecular weight is 394 g/mol. The summed E-state index contributed by atoms with van der Waals surface area (Å²) in [5.74, 6) is 1.10. The maximum Gasteiger partial charge on any atom is 0.208 e. The number of ether oxygens (including phenoxy) is 2. The van der Waals surface area contributed by atoms with Gasteiger partial charge in [0.05, 0.1) is 19.1 Å². The Morgan fingerprint density at radius 3 is 2.19 bits per heavy atom. The van der Waals surface area contributed by atoms with Gasteiger partial charge in [-0.2, -0.15) is 0 Å². The van der Waals surface area contributed by atoms with Crippen LogP contribution in [0.3, 0.4) is 0 Å². The van der Waals surface area contributed by atoms with Gasteiger partial charge < -0.3 is 14.8 Å². The SMILES string of the molecule is CC.COc1ccc(CC(NC=O)S(=O)(=O)c2ccc(C)cc2)c(OC)c1. The minimum Gasteiger partial charge on any atom is -0.497 e. The second kappa shape index (κ2) is 10.6. The van der Waals surface area contributed by atoms with E-state index < -0.39 is 15.2 Å². The zero-order chi connectivity index (χ0) is 20.4. The number of carbonyl (C=O) groups is 1. The van der Waals surface area contributed by atoms with E-state index in [1.54, 1.807) is 30.3 Å². The largest absolute Gasteiger partial charge is 0.497 e. The van der Waals surface area contributed by atoms with E-state index in [1.807, 2.05) is 20.8 Å². The van der Waals surface area contributed by atoms with E-state index in [2.05, 4.69) is 5.32 Å². The number of benzene rings is 2. The number of hydrogen-bond donors (Lipinski definition) is 1. The number of aryl methyl sites for hydroxylation is 1. The molecule has 0 radical (unpaired) electrons. The van der Waals surface area contributed by atoms with Gasteiger partial charge in [0.25, 0.3) is 0 Å². The molecular weight excluding hydrogens is 366 g/mol. The molecule has 0 saturated heterocycles.